The molecule has 0 amide bonds. The van der Waals surface area contributed by atoms with Gasteiger partial charge in [-0.1, -0.05) is 6.07 Å². The van der Waals surface area contributed by atoms with E-state index in [-0.39, 0.29) is 5.75 Å². The Morgan fingerprint density at radius 3 is 2.37 bits per heavy atom. The normalized spacial score (nSPS) is 13.9. The third-order valence-corrected chi connectivity index (χ3v) is 4.00. The van der Waals surface area contributed by atoms with Gasteiger partial charge in [-0.05, 0) is 70.1 Å². The predicted octanol–water partition coefficient (Wildman–Crippen LogP) is 3.85. The van der Waals surface area contributed by atoms with Crippen molar-refractivity contribution >= 4 is 31.9 Å². The SMILES string of the molecule is Oc1ccc(N2C=C(I)c3cc(O)ccc3C2)cc1. The molecule has 2 aromatic carbocycles. The molecular formula is C15H12INO2. The van der Waals surface area contributed by atoms with E-state index in [1.54, 1.807) is 24.3 Å². The first-order chi connectivity index (χ1) is 9.13. The number of nitrogens with zero attached hydrogens (tertiary/aromatic N) is 1. The first-order valence-corrected chi connectivity index (χ1v) is 6.96. The number of benzene rings is 2. The molecule has 0 aliphatic carbocycles. The monoisotopic (exact) mass is 365 g/mol. The fourth-order valence-corrected chi connectivity index (χ4v) is 3.01. The van der Waals surface area contributed by atoms with Crippen molar-refractivity contribution in [2.45, 2.75) is 6.54 Å². The average Bonchev–Trinajstić information content (AvgIpc) is 2.40. The van der Waals surface area contributed by atoms with Gasteiger partial charge in [0, 0.05) is 22.0 Å². The molecule has 96 valence electrons. The lowest BCUT2D eigenvalue weighted by Gasteiger charge is -2.27. The standard InChI is InChI=1S/C15H12INO2/c16-15-9-17(11-2-5-12(18)6-3-11)8-10-1-4-13(19)7-14(10)15/h1-7,9,18-19H,8H2. The summed E-state index contributed by atoms with van der Waals surface area (Å²) in [6.07, 6.45) is 2.05. The molecule has 3 rings (SSSR count). The Hall–Kier alpha value is -1.69. The van der Waals surface area contributed by atoms with Gasteiger partial charge in [0.15, 0.2) is 0 Å². The second kappa shape index (κ2) is 4.77. The number of phenols is 2. The molecule has 3 nitrogen and oxygen atoms in total. The minimum atomic E-state index is 0.268. The van der Waals surface area contributed by atoms with Gasteiger partial charge in [0.2, 0.25) is 0 Å². The van der Waals surface area contributed by atoms with E-state index >= 15 is 0 Å². The van der Waals surface area contributed by atoms with Crippen LogP contribution in [0.3, 0.4) is 0 Å². The molecule has 0 fully saturated rings. The Morgan fingerprint density at radius 1 is 0.947 bits per heavy atom. The van der Waals surface area contributed by atoms with Crippen LogP contribution in [0.15, 0.2) is 48.7 Å². The zero-order valence-corrected chi connectivity index (χ0v) is 12.2. The van der Waals surface area contributed by atoms with Crippen LogP contribution in [0.25, 0.3) is 3.58 Å². The lowest BCUT2D eigenvalue weighted by atomic mass is 10.0. The summed E-state index contributed by atoms with van der Waals surface area (Å²) in [4.78, 5) is 2.13. The minimum Gasteiger partial charge on any atom is -0.508 e. The number of halogens is 1. The molecule has 2 aromatic rings. The molecule has 1 heterocycles. The van der Waals surface area contributed by atoms with Gasteiger partial charge in [0.05, 0.1) is 0 Å². The summed E-state index contributed by atoms with van der Waals surface area (Å²) in [5, 5.41) is 18.9. The summed E-state index contributed by atoms with van der Waals surface area (Å²) in [5.41, 5.74) is 3.29. The van der Waals surface area contributed by atoms with E-state index in [2.05, 4.69) is 33.7 Å². The molecule has 0 spiro atoms. The first kappa shape index (κ1) is 12.3. The van der Waals surface area contributed by atoms with Crippen molar-refractivity contribution in [3.63, 3.8) is 0 Å². The largest absolute Gasteiger partial charge is 0.508 e. The summed E-state index contributed by atoms with van der Waals surface area (Å²) in [7, 11) is 0. The van der Waals surface area contributed by atoms with Gasteiger partial charge >= 0.3 is 0 Å². The van der Waals surface area contributed by atoms with Crippen molar-refractivity contribution in [2.75, 3.05) is 4.90 Å². The average molecular weight is 365 g/mol. The Kier molecular flexibility index (Phi) is 3.10. The second-order valence-electron chi connectivity index (χ2n) is 4.46. The highest BCUT2D eigenvalue weighted by atomic mass is 127. The molecule has 0 atom stereocenters. The third-order valence-electron chi connectivity index (χ3n) is 3.14. The topological polar surface area (TPSA) is 43.7 Å². The molecule has 1 aliphatic rings. The van der Waals surface area contributed by atoms with E-state index in [9.17, 15) is 10.2 Å². The molecule has 1 aliphatic heterocycles. The molecule has 0 saturated carbocycles. The molecule has 0 radical (unpaired) electrons. The lowest BCUT2D eigenvalue weighted by Crippen LogP contribution is -2.19. The zero-order valence-electron chi connectivity index (χ0n) is 10.0. The maximum absolute atomic E-state index is 9.55. The molecule has 0 unspecified atom stereocenters. The summed E-state index contributed by atoms with van der Waals surface area (Å²) < 4.78 is 1.09. The van der Waals surface area contributed by atoms with Gasteiger partial charge in [-0.3, -0.25) is 0 Å². The smallest absolute Gasteiger partial charge is 0.116 e. The van der Waals surface area contributed by atoms with Crippen molar-refractivity contribution < 1.29 is 10.2 Å². The molecule has 0 bridgehead atoms. The van der Waals surface area contributed by atoms with E-state index in [0.717, 1.165) is 21.4 Å². The van der Waals surface area contributed by atoms with E-state index < -0.39 is 0 Å². The number of fused-ring (bicyclic) bond motifs is 1. The van der Waals surface area contributed by atoms with Crippen LogP contribution in [-0.2, 0) is 6.54 Å². The van der Waals surface area contributed by atoms with Gasteiger partial charge in [-0.25, -0.2) is 0 Å². The molecule has 4 heteroatoms. The highest BCUT2D eigenvalue weighted by Crippen LogP contribution is 2.35. The van der Waals surface area contributed by atoms with Crippen LogP contribution in [0.1, 0.15) is 11.1 Å². The number of phenolic OH excluding ortho intramolecular Hbond substituents is 2. The molecule has 0 aromatic heterocycles. The van der Waals surface area contributed by atoms with Gasteiger partial charge in [0.25, 0.3) is 0 Å². The number of rotatable bonds is 1. The second-order valence-corrected chi connectivity index (χ2v) is 5.62. The summed E-state index contributed by atoms with van der Waals surface area (Å²) in [6, 6.07) is 12.6. The third kappa shape index (κ3) is 2.40. The van der Waals surface area contributed by atoms with E-state index in [4.69, 9.17) is 0 Å². The van der Waals surface area contributed by atoms with Gasteiger partial charge in [-0.2, -0.15) is 0 Å². The maximum Gasteiger partial charge on any atom is 0.116 e. The van der Waals surface area contributed by atoms with Crippen molar-refractivity contribution in [2.24, 2.45) is 0 Å². The fraction of sp³-hybridized carbons (Fsp3) is 0.0667. The number of hydrogen-bond acceptors (Lipinski definition) is 3. The van der Waals surface area contributed by atoms with Crippen LogP contribution in [0.4, 0.5) is 5.69 Å². The van der Waals surface area contributed by atoms with Crippen LogP contribution < -0.4 is 4.90 Å². The van der Waals surface area contributed by atoms with Crippen molar-refractivity contribution in [3.05, 3.63) is 59.8 Å². The van der Waals surface area contributed by atoms with Crippen molar-refractivity contribution in [3.8, 4) is 11.5 Å². The fourth-order valence-electron chi connectivity index (χ4n) is 2.17. The maximum atomic E-state index is 9.55. The number of anilines is 1. The summed E-state index contributed by atoms with van der Waals surface area (Å²) in [6.45, 7) is 0.757. The minimum absolute atomic E-state index is 0.268. The van der Waals surface area contributed by atoms with Crippen LogP contribution in [0, 0.1) is 0 Å². The highest BCUT2D eigenvalue weighted by Gasteiger charge is 2.17. The van der Waals surface area contributed by atoms with Crippen LogP contribution in [0.2, 0.25) is 0 Å². The summed E-state index contributed by atoms with van der Waals surface area (Å²) in [5.74, 6) is 0.559. The first-order valence-electron chi connectivity index (χ1n) is 5.89. The lowest BCUT2D eigenvalue weighted by molar-refractivity contribution is 0.474. The highest BCUT2D eigenvalue weighted by molar-refractivity contribution is 14.1. The zero-order chi connectivity index (χ0) is 13.4. The van der Waals surface area contributed by atoms with E-state index in [1.165, 1.54) is 5.56 Å². The Morgan fingerprint density at radius 2 is 1.63 bits per heavy atom. The molecule has 0 saturated heterocycles. The van der Waals surface area contributed by atoms with Gasteiger partial charge in [-0.15, -0.1) is 0 Å². The van der Waals surface area contributed by atoms with E-state index in [0.29, 0.717) is 5.75 Å². The molecule has 2 N–H and O–H groups in total. The molecular weight excluding hydrogens is 353 g/mol. The number of hydrogen-bond donors (Lipinski definition) is 2. The Labute approximate surface area is 124 Å². The van der Waals surface area contributed by atoms with E-state index in [1.807, 2.05) is 18.2 Å². The van der Waals surface area contributed by atoms with Gasteiger partial charge < -0.3 is 15.1 Å². The predicted molar refractivity (Wildman–Crippen MR) is 84.4 cm³/mol. The van der Waals surface area contributed by atoms with Crippen molar-refractivity contribution in [1.82, 2.24) is 0 Å². The van der Waals surface area contributed by atoms with Crippen LogP contribution >= 0.6 is 22.6 Å². The van der Waals surface area contributed by atoms with Crippen LogP contribution in [-0.4, -0.2) is 10.2 Å². The van der Waals surface area contributed by atoms with Gasteiger partial charge in [0.1, 0.15) is 11.5 Å². The molecule has 19 heavy (non-hydrogen) atoms. The van der Waals surface area contributed by atoms with Crippen molar-refractivity contribution in [1.29, 1.82) is 0 Å². The Balaban J connectivity index is 1.99. The summed E-state index contributed by atoms with van der Waals surface area (Å²) >= 11 is 2.27. The number of aromatic hydroxyl groups is 2. The quantitative estimate of drug-likeness (QED) is 0.755. The Bertz CT molecular complexity index is 650. The van der Waals surface area contributed by atoms with Crippen LogP contribution in [0.5, 0.6) is 11.5 Å².